The number of hydrogen-bond donors (Lipinski definition) is 2. The zero-order valence-electron chi connectivity index (χ0n) is 24.6. The molecule has 0 radical (unpaired) electrons. The lowest BCUT2D eigenvalue weighted by atomic mass is 9.85. The molecule has 10 nitrogen and oxygen atoms in total. The summed E-state index contributed by atoms with van der Waals surface area (Å²) >= 11 is 0. The number of nitrogens with two attached hydrogens (primary N) is 1. The molecule has 3 aromatic rings. The molecule has 43 heavy (non-hydrogen) atoms. The number of methoxy groups -OCH3 is 1. The van der Waals surface area contributed by atoms with Crippen LogP contribution in [-0.2, 0) is 16.1 Å². The Labute approximate surface area is 251 Å². The summed E-state index contributed by atoms with van der Waals surface area (Å²) in [6.45, 7) is 3.57. The van der Waals surface area contributed by atoms with Crippen LogP contribution in [-0.4, -0.2) is 68.1 Å². The molecule has 0 bridgehead atoms. The van der Waals surface area contributed by atoms with E-state index in [0.717, 1.165) is 29.7 Å². The number of ether oxygens (including phenoxy) is 4. The molecule has 5 rings (SSSR count). The third-order valence-electron chi connectivity index (χ3n) is 8.17. The first-order chi connectivity index (χ1) is 20.9. The molecule has 2 aliphatic rings. The van der Waals surface area contributed by atoms with Gasteiger partial charge in [-0.1, -0.05) is 43.7 Å². The van der Waals surface area contributed by atoms with Crippen LogP contribution in [0.25, 0.3) is 0 Å². The van der Waals surface area contributed by atoms with Crippen molar-refractivity contribution >= 4 is 17.6 Å². The number of unbranched alkanes of at least 4 members (excludes halogenated alkanes) is 1. The number of carbonyl (C=O) groups excluding carboxylic acids is 1. The Morgan fingerprint density at radius 2 is 1.84 bits per heavy atom. The zero-order chi connectivity index (χ0) is 30.3. The van der Waals surface area contributed by atoms with E-state index < -0.39 is 23.8 Å². The Morgan fingerprint density at radius 3 is 2.58 bits per heavy atom. The molecule has 1 saturated heterocycles. The zero-order valence-corrected chi connectivity index (χ0v) is 24.6. The molecule has 0 saturated carbocycles. The molecule has 3 aromatic carbocycles. The van der Waals surface area contributed by atoms with Crippen molar-refractivity contribution in [1.82, 2.24) is 4.90 Å². The van der Waals surface area contributed by atoms with Crippen LogP contribution >= 0.6 is 0 Å². The second-order valence-corrected chi connectivity index (χ2v) is 10.8. The number of anilines is 1. The molecule has 2 heterocycles. The predicted molar refractivity (Wildman–Crippen MR) is 162 cm³/mol. The molecule has 228 valence electrons. The Balaban J connectivity index is 1.46. The highest BCUT2D eigenvalue weighted by Crippen LogP contribution is 2.42. The third-order valence-corrected chi connectivity index (χ3v) is 8.17. The fraction of sp³-hybridized carbons (Fsp3) is 0.394. The molecular weight excluding hydrogens is 550 g/mol. The third kappa shape index (κ3) is 6.71. The number of likely N-dealkylation sites (tertiary alicyclic amines) is 1. The molecular formula is C33H39N3O7. The van der Waals surface area contributed by atoms with Crippen LogP contribution < -0.4 is 29.6 Å². The summed E-state index contributed by atoms with van der Waals surface area (Å²) in [4.78, 5) is 30.6. The minimum Gasteiger partial charge on any atom is -0.493 e. The topological polar surface area (TPSA) is 124 Å². The minimum atomic E-state index is -0.954. The molecule has 2 aliphatic heterocycles. The molecule has 1 amide bonds. The smallest absolute Gasteiger partial charge is 0.308 e. The van der Waals surface area contributed by atoms with Crippen molar-refractivity contribution in [2.24, 2.45) is 11.7 Å². The van der Waals surface area contributed by atoms with E-state index in [1.54, 1.807) is 24.1 Å². The number of nitrogens with zero attached hydrogens (tertiary/aromatic N) is 2. The van der Waals surface area contributed by atoms with E-state index in [1.807, 2.05) is 59.5 Å². The summed E-state index contributed by atoms with van der Waals surface area (Å²) in [5, 5.41) is 10.5. The van der Waals surface area contributed by atoms with E-state index >= 15 is 0 Å². The van der Waals surface area contributed by atoms with Crippen LogP contribution in [0.15, 0.2) is 66.7 Å². The highest BCUT2D eigenvalue weighted by atomic mass is 16.7. The van der Waals surface area contributed by atoms with Crippen LogP contribution in [0.3, 0.4) is 0 Å². The summed E-state index contributed by atoms with van der Waals surface area (Å²) < 4.78 is 22.7. The fourth-order valence-electron chi connectivity index (χ4n) is 5.92. The van der Waals surface area contributed by atoms with Gasteiger partial charge in [-0.05, 0) is 53.9 Å². The second-order valence-electron chi connectivity index (χ2n) is 10.8. The van der Waals surface area contributed by atoms with Crippen molar-refractivity contribution in [2.75, 3.05) is 45.0 Å². The van der Waals surface area contributed by atoms with Crippen LogP contribution in [0.5, 0.6) is 23.0 Å². The Kier molecular flexibility index (Phi) is 9.68. The van der Waals surface area contributed by atoms with Gasteiger partial charge in [0.15, 0.2) is 23.0 Å². The quantitative estimate of drug-likeness (QED) is 0.301. The van der Waals surface area contributed by atoms with E-state index in [0.29, 0.717) is 42.6 Å². The van der Waals surface area contributed by atoms with Crippen molar-refractivity contribution in [3.05, 3.63) is 77.9 Å². The molecule has 1 fully saturated rings. The van der Waals surface area contributed by atoms with Gasteiger partial charge in [0.25, 0.3) is 0 Å². The number of rotatable bonds is 13. The SMILES string of the molecule is CCCCN(C(=O)CN1C[C@H](c2ccc3c(c2)OCO3)[C@@H](C(=O)O)[C@@H]1COc1ccccc1OC)c1cccc(CN)c1. The number of carboxylic acid groups (broad SMARTS) is 1. The molecule has 3 N–H and O–H groups in total. The fourth-order valence-corrected chi connectivity index (χ4v) is 5.92. The maximum Gasteiger partial charge on any atom is 0.308 e. The summed E-state index contributed by atoms with van der Waals surface area (Å²) in [5.41, 5.74) is 8.42. The lowest BCUT2D eigenvalue weighted by molar-refractivity contribution is -0.143. The van der Waals surface area contributed by atoms with Crippen molar-refractivity contribution in [3.63, 3.8) is 0 Å². The van der Waals surface area contributed by atoms with E-state index in [2.05, 4.69) is 6.92 Å². The lowest BCUT2D eigenvalue weighted by Crippen LogP contribution is -2.46. The van der Waals surface area contributed by atoms with E-state index in [1.165, 1.54) is 0 Å². The maximum absolute atomic E-state index is 14.0. The van der Waals surface area contributed by atoms with E-state index in [4.69, 9.17) is 24.7 Å². The first kappa shape index (κ1) is 30.2. The Hall–Kier alpha value is -4.28. The van der Waals surface area contributed by atoms with Gasteiger partial charge in [0.1, 0.15) is 6.61 Å². The largest absolute Gasteiger partial charge is 0.493 e. The number of hydrogen-bond acceptors (Lipinski definition) is 8. The normalized spacial score (nSPS) is 19.3. The van der Waals surface area contributed by atoms with E-state index in [9.17, 15) is 14.7 Å². The second kappa shape index (κ2) is 13.8. The number of aliphatic carboxylic acids is 1. The van der Waals surface area contributed by atoms with Gasteiger partial charge < -0.3 is 34.7 Å². The van der Waals surface area contributed by atoms with Gasteiger partial charge in [-0.25, -0.2) is 0 Å². The summed E-state index contributed by atoms with van der Waals surface area (Å²) in [6.07, 6.45) is 1.75. The summed E-state index contributed by atoms with van der Waals surface area (Å²) in [6, 6.07) is 19.9. The van der Waals surface area contributed by atoms with Gasteiger partial charge >= 0.3 is 5.97 Å². The summed E-state index contributed by atoms with van der Waals surface area (Å²) in [7, 11) is 1.56. The minimum absolute atomic E-state index is 0.0291. The van der Waals surface area contributed by atoms with Crippen LogP contribution in [0.1, 0.15) is 36.8 Å². The van der Waals surface area contributed by atoms with Gasteiger partial charge in [-0.3, -0.25) is 14.5 Å². The van der Waals surface area contributed by atoms with Crippen LogP contribution in [0.4, 0.5) is 5.69 Å². The number of amides is 1. The number of para-hydroxylation sites is 2. The monoisotopic (exact) mass is 589 g/mol. The lowest BCUT2D eigenvalue weighted by Gasteiger charge is -2.30. The Morgan fingerprint density at radius 1 is 1.05 bits per heavy atom. The number of fused-ring (bicyclic) bond motifs is 1. The maximum atomic E-state index is 14.0. The van der Waals surface area contributed by atoms with Crippen LogP contribution in [0.2, 0.25) is 0 Å². The molecule has 0 aromatic heterocycles. The van der Waals surface area contributed by atoms with Gasteiger partial charge in [-0.2, -0.15) is 0 Å². The van der Waals surface area contributed by atoms with Crippen molar-refractivity contribution < 1.29 is 33.6 Å². The summed E-state index contributed by atoms with van der Waals surface area (Å²) in [5.74, 6) is -0.0390. The number of carbonyl (C=O) groups is 2. The average molecular weight is 590 g/mol. The van der Waals surface area contributed by atoms with Crippen molar-refractivity contribution in [1.29, 1.82) is 0 Å². The first-order valence-corrected chi connectivity index (χ1v) is 14.6. The van der Waals surface area contributed by atoms with Gasteiger partial charge in [0, 0.05) is 31.2 Å². The molecule has 0 unspecified atom stereocenters. The molecule has 0 aliphatic carbocycles. The first-order valence-electron chi connectivity index (χ1n) is 14.6. The van der Waals surface area contributed by atoms with Crippen molar-refractivity contribution in [2.45, 2.75) is 38.3 Å². The standard InChI is InChI=1S/C33H39N3O7/c1-3-4-14-36(24-9-7-8-22(15-24)17-34)31(37)19-35-18-25(23-12-13-29-30(16-23)43-21-42-29)32(33(38)39)26(35)20-41-28-11-6-5-10-27(28)40-2/h5-13,15-16,25-26,32H,3-4,14,17-21,34H2,1-2H3,(H,38,39)/t25-,26+,32-/m1/s1. The molecule has 0 spiro atoms. The Bertz CT molecular complexity index is 1430. The van der Waals surface area contributed by atoms with E-state index in [-0.39, 0.29) is 25.9 Å². The number of benzene rings is 3. The van der Waals surface area contributed by atoms with Crippen LogP contribution in [0, 0.1) is 5.92 Å². The van der Waals surface area contributed by atoms with Gasteiger partial charge in [-0.15, -0.1) is 0 Å². The van der Waals surface area contributed by atoms with Gasteiger partial charge in [0.05, 0.1) is 25.6 Å². The molecule has 10 heteroatoms. The highest BCUT2D eigenvalue weighted by Gasteiger charge is 2.48. The predicted octanol–water partition coefficient (Wildman–Crippen LogP) is 4.26. The highest BCUT2D eigenvalue weighted by molar-refractivity contribution is 5.95. The number of carboxylic acids is 1. The van der Waals surface area contributed by atoms with Crippen molar-refractivity contribution in [3.8, 4) is 23.0 Å². The average Bonchev–Trinajstić information content (AvgIpc) is 3.64. The van der Waals surface area contributed by atoms with Gasteiger partial charge in [0.2, 0.25) is 12.7 Å². The molecule has 3 atom stereocenters.